The third-order valence-corrected chi connectivity index (χ3v) is 3.52. The molecule has 0 aromatic carbocycles. The quantitative estimate of drug-likeness (QED) is 0.761. The first-order valence-electron chi connectivity index (χ1n) is 7.88. The Morgan fingerprint density at radius 3 is 2.29 bits per heavy atom. The molecule has 1 unspecified atom stereocenters. The summed E-state index contributed by atoms with van der Waals surface area (Å²) >= 11 is 0. The van der Waals surface area contributed by atoms with Crippen LogP contribution in [0.1, 0.15) is 45.9 Å². The molecule has 1 aliphatic carbocycles. The molecule has 0 radical (unpaired) electrons. The van der Waals surface area contributed by atoms with Gasteiger partial charge in [0.2, 0.25) is 11.9 Å². The van der Waals surface area contributed by atoms with E-state index >= 15 is 0 Å². The van der Waals surface area contributed by atoms with Crippen LogP contribution < -0.4 is 10.6 Å². The Kier molecular flexibility index (Phi) is 5.63. The summed E-state index contributed by atoms with van der Waals surface area (Å²) in [6.45, 7) is 4.75. The summed E-state index contributed by atoms with van der Waals surface area (Å²) < 4.78 is 38.3. The van der Waals surface area contributed by atoms with E-state index in [1.165, 1.54) is 0 Å². The number of aromatic nitrogens is 3. The first-order valence-corrected chi connectivity index (χ1v) is 7.88. The number of aliphatic hydroxyl groups is 1. The number of nitrogens with zero attached hydrogens (tertiary/aromatic N) is 3. The number of nitrogens with one attached hydrogen (secondary N) is 2. The van der Waals surface area contributed by atoms with Crippen molar-refractivity contribution in [2.45, 2.75) is 64.4 Å². The van der Waals surface area contributed by atoms with Gasteiger partial charge in [0.1, 0.15) is 6.04 Å². The highest BCUT2D eigenvalue weighted by Gasteiger charge is 2.36. The number of anilines is 2. The molecule has 134 valence electrons. The largest absolute Gasteiger partial charge is 0.408 e. The van der Waals surface area contributed by atoms with E-state index in [1.807, 2.05) is 19.9 Å². The first kappa shape index (κ1) is 18.4. The van der Waals surface area contributed by atoms with Gasteiger partial charge in [0.15, 0.2) is 5.82 Å². The number of aliphatic hydroxyl groups excluding tert-OH is 1. The van der Waals surface area contributed by atoms with Crippen LogP contribution in [0.4, 0.5) is 25.1 Å². The highest BCUT2D eigenvalue weighted by molar-refractivity contribution is 5.62. The number of allylic oxidation sites excluding steroid dienone is 1. The lowest BCUT2D eigenvalue weighted by Gasteiger charge is -2.20. The van der Waals surface area contributed by atoms with Gasteiger partial charge in [-0.15, -0.1) is 0 Å². The average Bonchev–Trinajstić information content (AvgIpc) is 2.45. The molecule has 24 heavy (non-hydrogen) atoms. The van der Waals surface area contributed by atoms with Gasteiger partial charge in [0.05, 0.1) is 6.10 Å². The molecule has 0 bridgehead atoms. The lowest BCUT2D eigenvalue weighted by Crippen LogP contribution is -2.34. The van der Waals surface area contributed by atoms with Gasteiger partial charge in [0, 0.05) is 12.5 Å². The second kappa shape index (κ2) is 7.33. The fourth-order valence-corrected chi connectivity index (χ4v) is 2.25. The standard InChI is InChI=1S/C15H22F3N5O/c1-8(2)19-13-21-12(10-5-4-6-11(24)7-10)22-14(23-13)20-9(3)15(16,17)18/h5,8-9,11,24H,4,6-7H2,1-3H3,(H2,19,20,21,22,23)/t9-,11?/m1/s1. The van der Waals surface area contributed by atoms with Gasteiger partial charge in [-0.2, -0.15) is 28.1 Å². The Morgan fingerprint density at radius 1 is 1.12 bits per heavy atom. The van der Waals surface area contributed by atoms with E-state index < -0.39 is 18.3 Å². The van der Waals surface area contributed by atoms with Gasteiger partial charge in [-0.1, -0.05) is 6.08 Å². The minimum Gasteiger partial charge on any atom is -0.393 e. The van der Waals surface area contributed by atoms with E-state index in [2.05, 4.69) is 25.6 Å². The van der Waals surface area contributed by atoms with E-state index in [0.29, 0.717) is 24.8 Å². The number of alkyl halides is 3. The van der Waals surface area contributed by atoms with Crippen molar-refractivity contribution in [3.63, 3.8) is 0 Å². The molecule has 3 N–H and O–H groups in total. The van der Waals surface area contributed by atoms with Crippen LogP contribution in [0.25, 0.3) is 5.57 Å². The Labute approximate surface area is 138 Å². The van der Waals surface area contributed by atoms with Gasteiger partial charge in [-0.05, 0) is 39.2 Å². The van der Waals surface area contributed by atoms with Crippen molar-refractivity contribution in [2.24, 2.45) is 0 Å². The van der Waals surface area contributed by atoms with Crippen LogP contribution >= 0.6 is 0 Å². The fraction of sp³-hybridized carbons (Fsp3) is 0.667. The van der Waals surface area contributed by atoms with Gasteiger partial charge >= 0.3 is 6.18 Å². The van der Waals surface area contributed by atoms with Crippen LogP contribution in [0.15, 0.2) is 6.08 Å². The molecule has 1 aromatic rings. The Bertz CT molecular complexity index is 603. The van der Waals surface area contributed by atoms with Crippen LogP contribution in [-0.4, -0.2) is 44.4 Å². The van der Waals surface area contributed by atoms with Crippen molar-refractivity contribution in [2.75, 3.05) is 10.6 Å². The van der Waals surface area contributed by atoms with Gasteiger partial charge in [-0.3, -0.25) is 0 Å². The van der Waals surface area contributed by atoms with Crippen LogP contribution in [0, 0.1) is 0 Å². The minimum atomic E-state index is -4.40. The van der Waals surface area contributed by atoms with Crippen molar-refractivity contribution in [3.8, 4) is 0 Å². The van der Waals surface area contributed by atoms with Crippen LogP contribution in [0.5, 0.6) is 0 Å². The van der Waals surface area contributed by atoms with E-state index in [0.717, 1.165) is 6.92 Å². The van der Waals surface area contributed by atoms with Crippen molar-refractivity contribution < 1.29 is 18.3 Å². The molecule has 0 saturated heterocycles. The predicted molar refractivity (Wildman–Crippen MR) is 85.6 cm³/mol. The molecule has 0 saturated carbocycles. The SMILES string of the molecule is CC(C)Nc1nc(N[C@H](C)C(F)(F)F)nc(C2=CCCC(O)C2)n1. The summed E-state index contributed by atoms with van der Waals surface area (Å²) in [5.41, 5.74) is 0.714. The van der Waals surface area contributed by atoms with Crippen molar-refractivity contribution >= 4 is 17.5 Å². The lowest BCUT2D eigenvalue weighted by molar-refractivity contribution is -0.138. The summed E-state index contributed by atoms with van der Waals surface area (Å²) in [6.07, 6.45) is -1.29. The highest BCUT2D eigenvalue weighted by atomic mass is 19.4. The maximum absolute atomic E-state index is 12.8. The molecule has 1 aromatic heterocycles. The highest BCUT2D eigenvalue weighted by Crippen LogP contribution is 2.27. The summed E-state index contributed by atoms with van der Waals surface area (Å²) in [7, 11) is 0. The monoisotopic (exact) mass is 345 g/mol. The molecule has 0 spiro atoms. The number of rotatable bonds is 5. The predicted octanol–water partition coefficient (Wildman–Crippen LogP) is 2.98. The summed E-state index contributed by atoms with van der Waals surface area (Å²) in [5, 5.41) is 15.0. The van der Waals surface area contributed by atoms with Crippen LogP contribution in [0.2, 0.25) is 0 Å². The Balaban J connectivity index is 2.32. The van der Waals surface area contributed by atoms with Crippen LogP contribution in [-0.2, 0) is 0 Å². The van der Waals surface area contributed by atoms with Crippen molar-refractivity contribution in [1.29, 1.82) is 0 Å². The minimum absolute atomic E-state index is 0.0130. The fourth-order valence-electron chi connectivity index (χ4n) is 2.25. The Hall–Kier alpha value is -1.90. The van der Waals surface area contributed by atoms with E-state index in [-0.39, 0.29) is 23.8 Å². The van der Waals surface area contributed by atoms with Crippen LogP contribution in [0.3, 0.4) is 0 Å². The van der Waals surface area contributed by atoms with Crippen molar-refractivity contribution in [1.82, 2.24) is 15.0 Å². The van der Waals surface area contributed by atoms with Gasteiger partial charge in [-0.25, -0.2) is 0 Å². The molecule has 0 amide bonds. The van der Waals surface area contributed by atoms with Crippen molar-refractivity contribution in [3.05, 3.63) is 11.9 Å². The molecule has 6 nitrogen and oxygen atoms in total. The summed E-state index contributed by atoms with van der Waals surface area (Å²) in [4.78, 5) is 12.4. The van der Waals surface area contributed by atoms with E-state index in [1.54, 1.807) is 0 Å². The first-order chi connectivity index (χ1) is 11.1. The molecule has 1 heterocycles. The third kappa shape index (κ3) is 5.05. The molecular weight excluding hydrogens is 323 g/mol. The second-order valence-corrected chi connectivity index (χ2v) is 6.18. The van der Waals surface area contributed by atoms with E-state index in [4.69, 9.17) is 0 Å². The average molecular weight is 345 g/mol. The number of hydrogen-bond acceptors (Lipinski definition) is 6. The van der Waals surface area contributed by atoms with Gasteiger partial charge < -0.3 is 15.7 Å². The molecular formula is C15H22F3N5O. The molecule has 2 atom stereocenters. The maximum Gasteiger partial charge on any atom is 0.408 e. The molecule has 0 fully saturated rings. The smallest absolute Gasteiger partial charge is 0.393 e. The number of hydrogen-bond donors (Lipinski definition) is 3. The topological polar surface area (TPSA) is 83.0 Å². The maximum atomic E-state index is 12.8. The molecule has 0 aliphatic heterocycles. The Morgan fingerprint density at radius 2 is 1.75 bits per heavy atom. The summed E-state index contributed by atoms with van der Waals surface area (Å²) in [6, 6.07) is -1.77. The summed E-state index contributed by atoms with van der Waals surface area (Å²) in [5.74, 6) is 0.338. The van der Waals surface area contributed by atoms with E-state index in [9.17, 15) is 18.3 Å². The lowest BCUT2D eigenvalue weighted by atomic mass is 9.96. The third-order valence-electron chi connectivity index (χ3n) is 3.52. The zero-order valence-corrected chi connectivity index (χ0v) is 13.9. The zero-order chi connectivity index (χ0) is 17.9. The molecule has 2 rings (SSSR count). The molecule has 1 aliphatic rings. The number of halogens is 3. The normalized spacial score (nSPS) is 19.8. The van der Waals surface area contributed by atoms with Gasteiger partial charge in [0.25, 0.3) is 0 Å². The second-order valence-electron chi connectivity index (χ2n) is 6.18. The molecule has 9 heteroatoms. The zero-order valence-electron chi connectivity index (χ0n) is 13.9.